The van der Waals surface area contributed by atoms with E-state index in [9.17, 15) is 4.79 Å². The lowest BCUT2D eigenvalue weighted by Gasteiger charge is -2.15. The van der Waals surface area contributed by atoms with E-state index in [1.165, 1.54) is 0 Å². The van der Waals surface area contributed by atoms with Crippen LogP contribution in [0.4, 0.5) is 5.82 Å². The maximum Gasteiger partial charge on any atom is 0.253 e. The second kappa shape index (κ2) is 6.95. The summed E-state index contributed by atoms with van der Waals surface area (Å²) in [7, 11) is 0. The summed E-state index contributed by atoms with van der Waals surface area (Å²) in [5.74, 6) is -0.113. The lowest BCUT2D eigenvalue weighted by atomic mass is 9.91. The van der Waals surface area contributed by atoms with Crippen LogP contribution in [0.2, 0.25) is 0 Å². The van der Waals surface area contributed by atoms with E-state index in [0.717, 1.165) is 11.3 Å². The van der Waals surface area contributed by atoms with Crippen LogP contribution in [0.1, 0.15) is 42.4 Å². The van der Waals surface area contributed by atoms with Crippen LogP contribution in [-0.2, 0) is 12.0 Å². The molecule has 0 saturated heterocycles. The molecule has 3 rings (SSSR count). The fraction of sp³-hybridized carbons (Fsp3) is 0.263. The molecule has 0 atom stereocenters. The molecule has 3 aromatic rings. The molecule has 134 valence electrons. The highest BCUT2D eigenvalue weighted by Crippen LogP contribution is 2.29. The van der Waals surface area contributed by atoms with Crippen LogP contribution in [-0.4, -0.2) is 26.1 Å². The first-order valence-electron chi connectivity index (χ1n) is 8.34. The molecule has 7 heteroatoms. The zero-order chi connectivity index (χ0) is 18.7. The van der Waals surface area contributed by atoms with Crippen molar-refractivity contribution in [3.63, 3.8) is 0 Å². The summed E-state index contributed by atoms with van der Waals surface area (Å²) in [6.07, 6.45) is 5.07. The van der Waals surface area contributed by atoms with Gasteiger partial charge in [0.1, 0.15) is 5.82 Å². The first-order valence-corrected chi connectivity index (χ1v) is 8.34. The Balaban J connectivity index is 1.96. The van der Waals surface area contributed by atoms with Crippen molar-refractivity contribution in [3.8, 4) is 11.3 Å². The Hall–Kier alpha value is -3.22. The van der Waals surface area contributed by atoms with Crippen LogP contribution in [0, 0.1) is 0 Å². The summed E-state index contributed by atoms with van der Waals surface area (Å²) < 4.78 is 0. The molecule has 0 aliphatic rings. The van der Waals surface area contributed by atoms with E-state index >= 15 is 0 Å². The normalized spacial score (nSPS) is 11.3. The van der Waals surface area contributed by atoms with Gasteiger partial charge in [-0.25, -0.2) is 4.98 Å². The van der Waals surface area contributed by atoms with E-state index in [4.69, 9.17) is 5.73 Å². The number of nitrogens with zero attached hydrogens (tertiary/aromatic N) is 3. The number of H-pyrrole nitrogens is 1. The van der Waals surface area contributed by atoms with E-state index < -0.39 is 5.91 Å². The number of aromatic nitrogens is 4. The minimum Gasteiger partial charge on any atom is -0.365 e. The molecular formula is C19H22N6O. The van der Waals surface area contributed by atoms with Crippen molar-refractivity contribution >= 4 is 11.7 Å². The van der Waals surface area contributed by atoms with Gasteiger partial charge < -0.3 is 11.1 Å². The van der Waals surface area contributed by atoms with Crippen molar-refractivity contribution in [2.24, 2.45) is 5.73 Å². The third kappa shape index (κ3) is 3.72. The van der Waals surface area contributed by atoms with E-state index in [1.54, 1.807) is 24.7 Å². The van der Waals surface area contributed by atoms with Crippen LogP contribution in [0.5, 0.6) is 0 Å². The monoisotopic (exact) mass is 350 g/mol. The Morgan fingerprint density at radius 1 is 1.19 bits per heavy atom. The van der Waals surface area contributed by atoms with Crippen LogP contribution in [0.3, 0.4) is 0 Å². The predicted molar refractivity (Wildman–Crippen MR) is 101 cm³/mol. The Bertz CT molecular complexity index is 911. The van der Waals surface area contributed by atoms with Gasteiger partial charge in [0.25, 0.3) is 5.91 Å². The summed E-state index contributed by atoms with van der Waals surface area (Å²) in [6.45, 7) is 6.78. The zero-order valence-corrected chi connectivity index (χ0v) is 15.1. The molecule has 1 amide bonds. The Morgan fingerprint density at radius 2 is 1.92 bits per heavy atom. The topological polar surface area (TPSA) is 110 Å². The van der Waals surface area contributed by atoms with Gasteiger partial charge in [-0.1, -0.05) is 20.8 Å². The quantitative estimate of drug-likeness (QED) is 0.655. The van der Waals surface area contributed by atoms with E-state index in [-0.39, 0.29) is 5.41 Å². The van der Waals surface area contributed by atoms with Crippen molar-refractivity contribution < 1.29 is 4.79 Å². The first kappa shape index (κ1) is 17.6. The van der Waals surface area contributed by atoms with Crippen LogP contribution >= 0.6 is 0 Å². The van der Waals surface area contributed by atoms with E-state index in [2.05, 4.69) is 46.3 Å². The minimum atomic E-state index is -0.550. The van der Waals surface area contributed by atoms with Crippen molar-refractivity contribution in [1.29, 1.82) is 0 Å². The molecule has 7 nitrogen and oxygen atoms in total. The SMILES string of the molecule is CC(C)(C)c1cc(-c2ccnc(NCc3ccncc3)c2C(N)=O)n[nH]1. The lowest BCUT2D eigenvalue weighted by molar-refractivity contribution is 0.100. The fourth-order valence-electron chi connectivity index (χ4n) is 2.59. The van der Waals surface area contributed by atoms with Crippen molar-refractivity contribution in [2.45, 2.75) is 32.7 Å². The molecule has 0 fully saturated rings. The number of hydrogen-bond acceptors (Lipinski definition) is 5. The molecule has 0 aliphatic heterocycles. The van der Waals surface area contributed by atoms with Gasteiger partial charge in [0.15, 0.2) is 0 Å². The average Bonchev–Trinajstić information content (AvgIpc) is 3.10. The second-order valence-corrected chi connectivity index (χ2v) is 7.07. The van der Waals surface area contributed by atoms with Crippen molar-refractivity contribution in [2.75, 3.05) is 5.32 Å². The number of carbonyl (C=O) groups is 1. The molecular weight excluding hydrogens is 328 g/mol. The van der Waals surface area contributed by atoms with Gasteiger partial charge in [0.05, 0.1) is 11.3 Å². The largest absolute Gasteiger partial charge is 0.365 e. The maximum absolute atomic E-state index is 12.1. The van der Waals surface area contributed by atoms with Gasteiger partial charge in [-0.2, -0.15) is 5.10 Å². The van der Waals surface area contributed by atoms with Gasteiger partial charge in [-0.05, 0) is 29.8 Å². The first-order chi connectivity index (χ1) is 12.4. The maximum atomic E-state index is 12.1. The van der Waals surface area contributed by atoms with Gasteiger partial charge in [-0.15, -0.1) is 0 Å². The number of amides is 1. The summed E-state index contributed by atoms with van der Waals surface area (Å²) >= 11 is 0. The second-order valence-electron chi connectivity index (χ2n) is 7.07. The number of pyridine rings is 2. The fourth-order valence-corrected chi connectivity index (χ4v) is 2.59. The van der Waals surface area contributed by atoms with Gasteiger partial charge in [-0.3, -0.25) is 14.9 Å². The van der Waals surface area contributed by atoms with Gasteiger partial charge in [0.2, 0.25) is 0 Å². The van der Waals surface area contributed by atoms with Crippen LogP contribution < -0.4 is 11.1 Å². The van der Waals surface area contributed by atoms with Crippen LogP contribution in [0.15, 0.2) is 42.9 Å². The van der Waals surface area contributed by atoms with E-state index in [0.29, 0.717) is 29.2 Å². The van der Waals surface area contributed by atoms with Crippen LogP contribution in [0.25, 0.3) is 11.3 Å². The van der Waals surface area contributed by atoms with Crippen molar-refractivity contribution in [3.05, 3.63) is 59.7 Å². The number of anilines is 1. The Kier molecular flexibility index (Phi) is 4.71. The Labute approximate surface area is 152 Å². The minimum absolute atomic E-state index is 0.0758. The van der Waals surface area contributed by atoms with Crippen molar-refractivity contribution in [1.82, 2.24) is 20.2 Å². The standard InChI is InChI=1S/C19H22N6O/c1-19(2,3)15-10-14(24-25-15)13-6-9-22-18(16(13)17(20)26)23-11-12-4-7-21-8-5-12/h4-10H,11H2,1-3H3,(H2,20,26)(H,22,23)(H,24,25). The highest BCUT2D eigenvalue weighted by Gasteiger charge is 2.21. The number of hydrogen-bond donors (Lipinski definition) is 3. The zero-order valence-electron chi connectivity index (χ0n) is 15.1. The summed E-state index contributed by atoms with van der Waals surface area (Å²) in [4.78, 5) is 20.4. The molecule has 0 aliphatic carbocycles. The Morgan fingerprint density at radius 3 is 2.54 bits per heavy atom. The molecule has 4 N–H and O–H groups in total. The number of nitrogens with one attached hydrogen (secondary N) is 2. The number of primary amides is 1. The molecule has 3 heterocycles. The third-order valence-electron chi connectivity index (χ3n) is 4.07. The molecule has 0 spiro atoms. The number of nitrogens with two attached hydrogens (primary N) is 1. The number of aromatic amines is 1. The average molecular weight is 350 g/mol. The summed E-state index contributed by atoms with van der Waals surface area (Å²) in [5.41, 5.74) is 9.22. The molecule has 3 aromatic heterocycles. The molecule has 0 saturated carbocycles. The number of carbonyl (C=O) groups excluding carboxylic acids is 1. The summed E-state index contributed by atoms with van der Waals surface area (Å²) in [5, 5.41) is 10.6. The molecule has 0 radical (unpaired) electrons. The molecule has 0 bridgehead atoms. The highest BCUT2D eigenvalue weighted by molar-refractivity contribution is 6.03. The molecule has 26 heavy (non-hydrogen) atoms. The molecule has 0 aromatic carbocycles. The van der Waals surface area contributed by atoms with E-state index in [1.807, 2.05) is 18.2 Å². The summed E-state index contributed by atoms with van der Waals surface area (Å²) in [6, 6.07) is 7.48. The third-order valence-corrected chi connectivity index (χ3v) is 4.07. The predicted octanol–water partition coefficient (Wildman–Crippen LogP) is 2.88. The van der Waals surface area contributed by atoms with Gasteiger partial charge >= 0.3 is 0 Å². The smallest absolute Gasteiger partial charge is 0.253 e. The highest BCUT2D eigenvalue weighted by atomic mass is 16.1. The molecule has 0 unspecified atom stereocenters. The lowest BCUT2D eigenvalue weighted by Crippen LogP contribution is -2.17. The van der Waals surface area contributed by atoms with Gasteiger partial charge in [0, 0.05) is 41.8 Å². The number of rotatable bonds is 5.